The van der Waals surface area contributed by atoms with Crippen LogP contribution in [0.15, 0.2) is 78.9 Å². The van der Waals surface area contributed by atoms with Gasteiger partial charge in [-0.15, -0.1) is 0 Å². The smallest absolute Gasteiger partial charge is 0.327 e. The molecular formula is C25H23NO5. The number of rotatable bonds is 8. The van der Waals surface area contributed by atoms with E-state index in [-0.39, 0.29) is 35.4 Å². The normalized spacial score (nSPS) is 11.5. The molecule has 6 nitrogen and oxygen atoms in total. The van der Waals surface area contributed by atoms with E-state index in [4.69, 9.17) is 0 Å². The monoisotopic (exact) mass is 417 g/mol. The van der Waals surface area contributed by atoms with Gasteiger partial charge in [0.1, 0.15) is 11.8 Å². The number of benzene rings is 3. The molecule has 3 rings (SSSR count). The number of nitrogens with zero attached hydrogens (tertiary/aromatic N) is 1. The van der Waals surface area contributed by atoms with E-state index >= 15 is 0 Å². The number of para-hydroxylation sites is 2. The van der Waals surface area contributed by atoms with Crippen molar-refractivity contribution in [2.45, 2.75) is 25.8 Å². The molecule has 3 aromatic rings. The van der Waals surface area contributed by atoms with Gasteiger partial charge in [-0.25, -0.2) is 4.79 Å². The molecule has 0 aliphatic heterocycles. The summed E-state index contributed by atoms with van der Waals surface area (Å²) in [6.07, 6.45) is 0.151. The first-order chi connectivity index (χ1) is 14.9. The van der Waals surface area contributed by atoms with Crippen LogP contribution in [0.3, 0.4) is 0 Å². The molecule has 1 atom stereocenters. The number of phenolic OH excluding ortho intramolecular Hbond substituents is 1. The molecule has 3 aromatic carbocycles. The molecule has 0 saturated heterocycles. The van der Waals surface area contributed by atoms with Crippen molar-refractivity contribution in [1.82, 2.24) is 0 Å². The number of hydrogen-bond acceptors (Lipinski definition) is 4. The zero-order chi connectivity index (χ0) is 22.4. The predicted molar refractivity (Wildman–Crippen MR) is 117 cm³/mol. The Morgan fingerprint density at radius 2 is 1.42 bits per heavy atom. The second-order valence-electron chi connectivity index (χ2n) is 7.02. The lowest BCUT2D eigenvalue weighted by atomic mass is 9.97. The van der Waals surface area contributed by atoms with Gasteiger partial charge in [-0.05, 0) is 29.8 Å². The number of carboxylic acids is 1. The molecule has 2 N–H and O–H groups in total. The number of carboxylic acid groups (broad SMARTS) is 1. The van der Waals surface area contributed by atoms with Gasteiger partial charge in [-0.1, -0.05) is 61.5 Å². The van der Waals surface area contributed by atoms with Crippen molar-refractivity contribution in [3.63, 3.8) is 0 Å². The van der Waals surface area contributed by atoms with Crippen LogP contribution in [0.5, 0.6) is 5.75 Å². The van der Waals surface area contributed by atoms with Crippen LogP contribution in [-0.4, -0.2) is 33.9 Å². The summed E-state index contributed by atoms with van der Waals surface area (Å²) in [6.45, 7) is 1.64. The Bertz CT molecular complexity index is 1090. The third-order valence-electron chi connectivity index (χ3n) is 5.00. The molecule has 1 amide bonds. The fourth-order valence-electron chi connectivity index (χ4n) is 3.46. The molecule has 158 valence electrons. The summed E-state index contributed by atoms with van der Waals surface area (Å²) >= 11 is 0. The Hall–Kier alpha value is -3.93. The maximum atomic E-state index is 13.2. The summed E-state index contributed by atoms with van der Waals surface area (Å²) in [5, 5.41) is 20.1. The summed E-state index contributed by atoms with van der Waals surface area (Å²) in [5.74, 6) is -2.27. The van der Waals surface area contributed by atoms with Gasteiger partial charge in [-0.3, -0.25) is 14.5 Å². The Labute approximate surface area is 180 Å². The number of phenols is 1. The van der Waals surface area contributed by atoms with E-state index in [0.29, 0.717) is 0 Å². The van der Waals surface area contributed by atoms with Crippen molar-refractivity contribution in [2.24, 2.45) is 0 Å². The summed E-state index contributed by atoms with van der Waals surface area (Å²) in [6, 6.07) is 20.3. The largest absolute Gasteiger partial charge is 0.507 e. The van der Waals surface area contributed by atoms with Gasteiger partial charge in [0.2, 0.25) is 5.91 Å². The minimum absolute atomic E-state index is 0.0671. The second kappa shape index (κ2) is 9.71. The predicted octanol–water partition coefficient (Wildman–Crippen LogP) is 4.06. The Kier molecular flexibility index (Phi) is 6.82. The van der Waals surface area contributed by atoms with Crippen LogP contribution >= 0.6 is 0 Å². The van der Waals surface area contributed by atoms with E-state index in [0.717, 1.165) is 5.56 Å². The van der Waals surface area contributed by atoms with Crippen molar-refractivity contribution < 1.29 is 24.6 Å². The van der Waals surface area contributed by atoms with Crippen LogP contribution in [0.2, 0.25) is 0 Å². The molecule has 0 aliphatic carbocycles. The Morgan fingerprint density at radius 1 is 0.839 bits per heavy atom. The van der Waals surface area contributed by atoms with Crippen molar-refractivity contribution in [3.05, 3.63) is 95.6 Å². The van der Waals surface area contributed by atoms with Crippen molar-refractivity contribution in [1.29, 1.82) is 0 Å². The van der Waals surface area contributed by atoms with E-state index in [2.05, 4.69) is 0 Å². The highest BCUT2D eigenvalue weighted by Crippen LogP contribution is 2.29. The first kappa shape index (κ1) is 21.8. The van der Waals surface area contributed by atoms with Crippen LogP contribution in [0.1, 0.15) is 34.8 Å². The van der Waals surface area contributed by atoms with Crippen LogP contribution in [0, 0.1) is 0 Å². The third kappa shape index (κ3) is 4.80. The molecule has 0 saturated carbocycles. The molecule has 0 radical (unpaired) electrons. The summed E-state index contributed by atoms with van der Waals surface area (Å²) in [5.41, 5.74) is 1.18. The highest BCUT2D eigenvalue weighted by atomic mass is 16.4. The average Bonchev–Trinajstić information content (AvgIpc) is 2.79. The number of aliphatic carboxylic acids is 1. The van der Waals surface area contributed by atoms with Gasteiger partial charge in [0, 0.05) is 18.4 Å². The van der Waals surface area contributed by atoms with E-state index in [1.54, 1.807) is 61.5 Å². The van der Waals surface area contributed by atoms with Crippen LogP contribution in [0.4, 0.5) is 5.69 Å². The zero-order valence-electron chi connectivity index (χ0n) is 17.1. The van der Waals surface area contributed by atoms with Crippen LogP contribution in [0.25, 0.3) is 0 Å². The van der Waals surface area contributed by atoms with Crippen molar-refractivity contribution >= 4 is 23.3 Å². The van der Waals surface area contributed by atoms with E-state index in [1.807, 2.05) is 6.07 Å². The van der Waals surface area contributed by atoms with Gasteiger partial charge in [-0.2, -0.15) is 0 Å². The molecule has 0 spiro atoms. The number of aromatic hydroxyl groups is 1. The van der Waals surface area contributed by atoms with Gasteiger partial charge in [0.25, 0.3) is 0 Å². The zero-order valence-corrected chi connectivity index (χ0v) is 17.1. The molecule has 31 heavy (non-hydrogen) atoms. The highest BCUT2D eigenvalue weighted by Gasteiger charge is 2.33. The molecule has 0 aromatic heterocycles. The SMILES string of the molecule is CCC(=O)N(c1ccccc1C(=O)c1ccccc1O)[C@@H](Cc1ccccc1)C(=O)O. The standard InChI is InChI=1S/C25H23NO5/c1-2-23(28)26(21(25(30)31)16-17-10-4-3-5-11-17)20-14-8-6-12-18(20)24(29)19-13-7-9-15-22(19)27/h3-15,21,27H,2,16H2,1H3,(H,30,31)/t21-/m0/s1. The molecule has 6 heteroatoms. The first-order valence-electron chi connectivity index (χ1n) is 9.94. The number of amides is 1. The average molecular weight is 417 g/mol. The molecule has 0 heterocycles. The number of carbonyl (C=O) groups is 3. The second-order valence-corrected chi connectivity index (χ2v) is 7.02. The maximum Gasteiger partial charge on any atom is 0.327 e. The van der Waals surface area contributed by atoms with Crippen molar-refractivity contribution in [2.75, 3.05) is 4.90 Å². The lowest BCUT2D eigenvalue weighted by Crippen LogP contribution is -2.47. The quantitative estimate of drug-likeness (QED) is 0.539. The minimum Gasteiger partial charge on any atom is -0.507 e. The van der Waals surface area contributed by atoms with Gasteiger partial charge >= 0.3 is 5.97 Å². The van der Waals surface area contributed by atoms with Gasteiger partial charge in [0.05, 0.1) is 11.3 Å². The van der Waals surface area contributed by atoms with Crippen LogP contribution < -0.4 is 4.90 Å². The minimum atomic E-state index is -1.20. The van der Waals surface area contributed by atoms with E-state index < -0.39 is 23.7 Å². The number of anilines is 1. The number of carbonyl (C=O) groups excluding carboxylic acids is 2. The van der Waals surface area contributed by atoms with E-state index in [9.17, 15) is 24.6 Å². The Balaban J connectivity index is 2.11. The molecule has 0 aliphatic rings. The number of ketones is 1. The van der Waals surface area contributed by atoms with E-state index in [1.165, 1.54) is 23.1 Å². The lowest BCUT2D eigenvalue weighted by Gasteiger charge is -2.30. The fraction of sp³-hybridized carbons (Fsp3) is 0.160. The number of hydrogen-bond donors (Lipinski definition) is 2. The van der Waals surface area contributed by atoms with Crippen molar-refractivity contribution in [3.8, 4) is 5.75 Å². The topological polar surface area (TPSA) is 94.9 Å². The third-order valence-corrected chi connectivity index (χ3v) is 5.00. The molecule has 0 fully saturated rings. The molecule has 0 unspecified atom stereocenters. The summed E-state index contributed by atoms with van der Waals surface area (Å²) in [7, 11) is 0. The van der Waals surface area contributed by atoms with Gasteiger partial charge < -0.3 is 10.2 Å². The first-order valence-corrected chi connectivity index (χ1v) is 9.94. The van der Waals surface area contributed by atoms with Crippen LogP contribution in [-0.2, 0) is 16.0 Å². The molecular weight excluding hydrogens is 394 g/mol. The lowest BCUT2D eigenvalue weighted by molar-refractivity contribution is -0.140. The Morgan fingerprint density at radius 3 is 2.03 bits per heavy atom. The summed E-state index contributed by atoms with van der Waals surface area (Å²) < 4.78 is 0. The maximum absolute atomic E-state index is 13.2. The molecule has 0 bridgehead atoms. The van der Waals surface area contributed by atoms with Gasteiger partial charge in [0.15, 0.2) is 5.78 Å². The highest BCUT2D eigenvalue weighted by molar-refractivity contribution is 6.16. The summed E-state index contributed by atoms with van der Waals surface area (Å²) in [4.78, 5) is 39.5. The fourth-order valence-corrected chi connectivity index (χ4v) is 3.46.